The summed E-state index contributed by atoms with van der Waals surface area (Å²) in [7, 11) is 2.73. The van der Waals surface area contributed by atoms with Crippen molar-refractivity contribution in [3.8, 4) is 11.5 Å². The van der Waals surface area contributed by atoms with Crippen molar-refractivity contribution in [2.24, 2.45) is 0 Å². The molecule has 0 saturated heterocycles. The Hall–Kier alpha value is -2.36. The minimum atomic E-state index is -4.52. The molecule has 0 heterocycles. The summed E-state index contributed by atoms with van der Waals surface area (Å²) in [4.78, 5) is 22.9. The van der Waals surface area contributed by atoms with E-state index in [-0.39, 0.29) is 22.2 Å². The topological polar surface area (TPSA) is 88.7 Å². The van der Waals surface area contributed by atoms with Crippen LogP contribution in [0.4, 0.5) is 23.7 Å². The van der Waals surface area contributed by atoms with Gasteiger partial charge in [0.15, 0.2) is 0 Å². The normalized spacial score (nSPS) is 10.8. The third kappa shape index (κ3) is 6.41. The SMILES string of the molecule is COc1cc(NC(=O)NCC(=O)NCC(F)(F)F)c(OC)cc1Cl. The molecule has 0 unspecified atom stereocenters. The number of rotatable bonds is 6. The van der Waals surface area contributed by atoms with Gasteiger partial charge in [0, 0.05) is 12.1 Å². The standard InChI is InChI=1S/C13H15ClF3N3O4/c1-23-9-4-8(10(24-2)3-7(9)14)20-12(22)18-5-11(21)19-6-13(15,16)17/h3-4H,5-6H2,1-2H3,(H,19,21)(H2,18,20,22). The van der Waals surface area contributed by atoms with Gasteiger partial charge < -0.3 is 25.4 Å². The number of amides is 3. The molecule has 0 saturated carbocycles. The van der Waals surface area contributed by atoms with Crippen LogP contribution in [0.1, 0.15) is 0 Å². The summed E-state index contributed by atoms with van der Waals surface area (Å²) in [6.45, 7) is -2.10. The van der Waals surface area contributed by atoms with Gasteiger partial charge >= 0.3 is 12.2 Å². The van der Waals surface area contributed by atoms with Gasteiger partial charge in [-0.1, -0.05) is 11.6 Å². The van der Waals surface area contributed by atoms with Gasteiger partial charge in [0.1, 0.15) is 18.0 Å². The molecular weight excluding hydrogens is 355 g/mol. The maximum Gasteiger partial charge on any atom is 0.405 e. The van der Waals surface area contributed by atoms with E-state index in [0.29, 0.717) is 0 Å². The highest BCUT2D eigenvalue weighted by Crippen LogP contribution is 2.35. The van der Waals surface area contributed by atoms with Crippen LogP contribution in [0, 0.1) is 0 Å². The second kappa shape index (κ2) is 8.48. The Balaban J connectivity index is 2.60. The van der Waals surface area contributed by atoms with Gasteiger partial charge in [0.05, 0.1) is 31.5 Å². The average molecular weight is 370 g/mol. The molecule has 134 valence electrons. The number of hydrogen-bond acceptors (Lipinski definition) is 4. The smallest absolute Gasteiger partial charge is 0.405 e. The van der Waals surface area contributed by atoms with Crippen LogP contribution in [0.25, 0.3) is 0 Å². The maximum atomic E-state index is 11.9. The van der Waals surface area contributed by atoms with Crippen molar-refractivity contribution in [2.45, 2.75) is 6.18 Å². The number of halogens is 4. The first-order chi connectivity index (χ1) is 11.2. The predicted octanol–water partition coefficient (Wildman–Crippen LogP) is 2.16. The van der Waals surface area contributed by atoms with Crippen LogP contribution < -0.4 is 25.4 Å². The Kier molecular flexibility index (Phi) is 6.96. The number of carbonyl (C=O) groups excluding carboxylic acids is 2. The van der Waals surface area contributed by atoms with Crippen LogP contribution in [-0.4, -0.2) is 45.4 Å². The van der Waals surface area contributed by atoms with E-state index in [4.69, 9.17) is 21.1 Å². The van der Waals surface area contributed by atoms with Gasteiger partial charge in [-0.25, -0.2) is 4.79 Å². The highest BCUT2D eigenvalue weighted by molar-refractivity contribution is 6.32. The fourth-order valence-electron chi connectivity index (χ4n) is 1.55. The quantitative estimate of drug-likeness (QED) is 0.717. The number of nitrogens with one attached hydrogen (secondary N) is 3. The molecule has 0 fully saturated rings. The Morgan fingerprint density at radius 3 is 2.29 bits per heavy atom. The van der Waals surface area contributed by atoms with Gasteiger partial charge in [-0.15, -0.1) is 0 Å². The van der Waals surface area contributed by atoms with Gasteiger partial charge in [-0.05, 0) is 0 Å². The second-order valence-electron chi connectivity index (χ2n) is 4.39. The first-order valence-corrected chi connectivity index (χ1v) is 6.84. The zero-order valence-corrected chi connectivity index (χ0v) is 13.5. The lowest BCUT2D eigenvalue weighted by molar-refractivity contribution is -0.137. The third-order valence-corrected chi connectivity index (χ3v) is 2.91. The molecule has 1 aromatic rings. The molecule has 0 spiro atoms. The first kappa shape index (κ1) is 19.7. The lowest BCUT2D eigenvalue weighted by atomic mass is 10.2. The van der Waals surface area contributed by atoms with Crippen LogP contribution in [0.2, 0.25) is 5.02 Å². The van der Waals surface area contributed by atoms with E-state index in [1.165, 1.54) is 26.4 Å². The molecule has 24 heavy (non-hydrogen) atoms. The summed E-state index contributed by atoms with van der Waals surface area (Å²) in [5, 5.41) is 6.36. The van der Waals surface area contributed by atoms with Crippen molar-refractivity contribution < 1.29 is 32.2 Å². The molecule has 0 aliphatic carbocycles. The molecule has 1 aromatic carbocycles. The average Bonchev–Trinajstić information content (AvgIpc) is 2.51. The largest absolute Gasteiger partial charge is 0.495 e. The Morgan fingerprint density at radius 1 is 1.12 bits per heavy atom. The van der Waals surface area contributed by atoms with E-state index in [2.05, 4.69) is 10.6 Å². The molecule has 3 amide bonds. The summed E-state index contributed by atoms with van der Waals surface area (Å²) >= 11 is 5.91. The fraction of sp³-hybridized carbons (Fsp3) is 0.385. The van der Waals surface area contributed by atoms with Crippen molar-refractivity contribution in [1.29, 1.82) is 0 Å². The number of benzene rings is 1. The van der Waals surface area contributed by atoms with Crippen molar-refractivity contribution in [3.63, 3.8) is 0 Å². The molecule has 3 N–H and O–H groups in total. The molecule has 0 atom stereocenters. The minimum absolute atomic E-state index is 0.201. The summed E-state index contributed by atoms with van der Waals surface area (Å²) in [5.41, 5.74) is 0.201. The van der Waals surface area contributed by atoms with E-state index < -0.39 is 31.2 Å². The van der Waals surface area contributed by atoms with Crippen LogP contribution in [0.15, 0.2) is 12.1 Å². The Morgan fingerprint density at radius 2 is 1.75 bits per heavy atom. The van der Waals surface area contributed by atoms with E-state index in [9.17, 15) is 22.8 Å². The zero-order valence-electron chi connectivity index (χ0n) is 12.7. The minimum Gasteiger partial charge on any atom is -0.495 e. The lowest BCUT2D eigenvalue weighted by Crippen LogP contribution is -2.42. The van der Waals surface area contributed by atoms with E-state index in [1.54, 1.807) is 5.32 Å². The van der Waals surface area contributed by atoms with Crippen LogP contribution in [0.3, 0.4) is 0 Å². The van der Waals surface area contributed by atoms with Crippen LogP contribution >= 0.6 is 11.6 Å². The van der Waals surface area contributed by atoms with Gasteiger partial charge in [-0.2, -0.15) is 13.2 Å². The Labute approximate surface area is 140 Å². The number of alkyl halides is 3. The molecule has 0 bridgehead atoms. The molecule has 0 radical (unpaired) electrons. The van der Waals surface area contributed by atoms with Crippen LogP contribution in [0.5, 0.6) is 11.5 Å². The van der Waals surface area contributed by atoms with Crippen molar-refractivity contribution >= 4 is 29.2 Å². The molecule has 0 aromatic heterocycles. The van der Waals surface area contributed by atoms with Crippen molar-refractivity contribution in [2.75, 3.05) is 32.6 Å². The molecule has 1 rings (SSSR count). The third-order valence-electron chi connectivity index (χ3n) is 2.62. The van der Waals surface area contributed by atoms with Gasteiger partial charge in [0.25, 0.3) is 0 Å². The fourth-order valence-corrected chi connectivity index (χ4v) is 1.78. The number of hydrogen-bond donors (Lipinski definition) is 3. The number of urea groups is 1. The number of ether oxygens (including phenoxy) is 2. The lowest BCUT2D eigenvalue weighted by Gasteiger charge is -2.14. The van der Waals surface area contributed by atoms with Crippen LogP contribution in [-0.2, 0) is 4.79 Å². The predicted molar refractivity (Wildman–Crippen MR) is 80.6 cm³/mol. The summed E-state index contributed by atoms with van der Waals surface area (Å²) in [6.07, 6.45) is -4.52. The Bertz CT molecular complexity index is 611. The first-order valence-electron chi connectivity index (χ1n) is 6.46. The molecule has 0 aliphatic heterocycles. The number of methoxy groups -OCH3 is 2. The highest BCUT2D eigenvalue weighted by atomic mass is 35.5. The monoisotopic (exact) mass is 369 g/mol. The number of anilines is 1. The number of carbonyl (C=O) groups is 2. The second-order valence-corrected chi connectivity index (χ2v) is 4.79. The summed E-state index contributed by atoms with van der Waals surface area (Å²) in [5.74, 6) is -0.476. The van der Waals surface area contributed by atoms with Crippen molar-refractivity contribution in [3.05, 3.63) is 17.2 Å². The van der Waals surface area contributed by atoms with Gasteiger partial charge in [-0.3, -0.25) is 4.79 Å². The van der Waals surface area contributed by atoms with Crippen molar-refractivity contribution in [1.82, 2.24) is 10.6 Å². The summed E-state index contributed by atoms with van der Waals surface area (Å²) < 4.78 is 45.9. The molecule has 7 nitrogen and oxygen atoms in total. The summed E-state index contributed by atoms with van der Waals surface area (Å²) in [6, 6.07) is 1.98. The highest BCUT2D eigenvalue weighted by Gasteiger charge is 2.27. The van der Waals surface area contributed by atoms with E-state index in [1.807, 2.05) is 0 Å². The van der Waals surface area contributed by atoms with E-state index >= 15 is 0 Å². The van der Waals surface area contributed by atoms with E-state index in [0.717, 1.165) is 0 Å². The maximum absolute atomic E-state index is 11.9. The van der Waals surface area contributed by atoms with Gasteiger partial charge in [0.2, 0.25) is 5.91 Å². The molecule has 0 aliphatic rings. The zero-order chi connectivity index (χ0) is 18.3. The molecule has 11 heteroatoms. The molecular formula is C13H15ClF3N3O4.